The number of rotatable bonds is 5. The topological polar surface area (TPSA) is 49.5 Å². The minimum Gasteiger partial charge on any atom is -0.396 e. The molecule has 0 aromatic heterocycles. The molecule has 1 rings (SSSR count). The van der Waals surface area contributed by atoms with E-state index in [0.717, 1.165) is 24.8 Å². The predicted octanol–water partition coefficient (Wildman–Crippen LogP) is 1.06. The van der Waals surface area contributed by atoms with Gasteiger partial charge in [0.1, 0.15) is 0 Å². The second-order valence-corrected chi connectivity index (χ2v) is 5.15. The van der Waals surface area contributed by atoms with E-state index in [4.69, 9.17) is 10.8 Å². The maximum atomic E-state index is 8.78. The van der Waals surface area contributed by atoms with Crippen molar-refractivity contribution in [3.05, 3.63) is 0 Å². The van der Waals surface area contributed by atoms with Gasteiger partial charge in [-0.15, -0.1) is 0 Å². The van der Waals surface area contributed by atoms with Gasteiger partial charge in [0, 0.05) is 19.2 Å². The molecule has 3 N–H and O–H groups in total. The smallest absolute Gasteiger partial charge is 0.0446 e. The molecule has 0 bridgehead atoms. The Hall–Kier alpha value is -0.120. The Morgan fingerprint density at radius 1 is 1.33 bits per heavy atom. The molecular formula is C12H26N2O. The van der Waals surface area contributed by atoms with Gasteiger partial charge in [-0.1, -0.05) is 13.8 Å². The van der Waals surface area contributed by atoms with Crippen LogP contribution in [0, 0.1) is 11.8 Å². The average Bonchev–Trinajstić information content (AvgIpc) is 2.18. The third-order valence-electron chi connectivity index (χ3n) is 3.57. The maximum Gasteiger partial charge on any atom is 0.0446 e. The van der Waals surface area contributed by atoms with E-state index in [-0.39, 0.29) is 12.6 Å². The number of aliphatic hydroxyl groups is 1. The summed E-state index contributed by atoms with van der Waals surface area (Å²) in [6.45, 7) is 8.16. The Morgan fingerprint density at radius 3 is 2.40 bits per heavy atom. The van der Waals surface area contributed by atoms with Crippen LogP contribution in [0.25, 0.3) is 0 Å². The highest BCUT2D eigenvalue weighted by atomic mass is 16.3. The molecule has 3 nitrogen and oxygen atoms in total. The van der Waals surface area contributed by atoms with Gasteiger partial charge in [0.05, 0.1) is 0 Å². The SMILES string of the molecule is CC(C)C1CCN(CC(N)CCO)CC1. The van der Waals surface area contributed by atoms with Crippen LogP contribution in [0.3, 0.4) is 0 Å². The Balaban J connectivity index is 2.19. The van der Waals surface area contributed by atoms with Crippen LogP contribution < -0.4 is 5.73 Å². The first kappa shape index (κ1) is 12.9. The van der Waals surface area contributed by atoms with Gasteiger partial charge in [0.25, 0.3) is 0 Å². The molecule has 1 heterocycles. The van der Waals surface area contributed by atoms with Crippen molar-refractivity contribution in [3.63, 3.8) is 0 Å². The Morgan fingerprint density at radius 2 is 1.93 bits per heavy atom. The predicted molar refractivity (Wildman–Crippen MR) is 63.7 cm³/mol. The second-order valence-electron chi connectivity index (χ2n) is 5.15. The summed E-state index contributed by atoms with van der Waals surface area (Å²) in [6.07, 6.45) is 3.34. The van der Waals surface area contributed by atoms with Gasteiger partial charge >= 0.3 is 0 Å². The fraction of sp³-hybridized carbons (Fsp3) is 1.00. The van der Waals surface area contributed by atoms with Crippen molar-refractivity contribution in [1.82, 2.24) is 4.90 Å². The number of hydrogen-bond donors (Lipinski definition) is 2. The highest BCUT2D eigenvalue weighted by molar-refractivity contribution is 4.77. The van der Waals surface area contributed by atoms with Gasteiger partial charge in [0.15, 0.2) is 0 Å². The van der Waals surface area contributed by atoms with Gasteiger partial charge in [-0.2, -0.15) is 0 Å². The minimum absolute atomic E-state index is 0.144. The first-order valence-electron chi connectivity index (χ1n) is 6.22. The number of nitrogens with two attached hydrogens (primary N) is 1. The molecule has 1 unspecified atom stereocenters. The van der Waals surface area contributed by atoms with Crippen LogP contribution in [0.1, 0.15) is 33.1 Å². The van der Waals surface area contributed by atoms with E-state index in [0.29, 0.717) is 0 Å². The van der Waals surface area contributed by atoms with E-state index >= 15 is 0 Å². The van der Waals surface area contributed by atoms with Crippen LogP contribution in [-0.2, 0) is 0 Å². The van der Waals surface area contributed by atoms with Crippen molar-refractivity contribution in [1.29, 1.82) is 0 Å². The van der Waals surface area contributed by atoms with Crippen LogP contribution in [0.2, 0.25) is 0 Å². The van der Waals surface area contributed by atoms with E-state index in [2.05, 4.69) is 18.7 Å². The number of nitrogens with zero attached hydrogens (tertiary/aromatic N) is 1. The van der Waals surface area contributed by atoms with Crippen molar-refractivity contribution in [2.75, 3.05) is 26.2 Å². The lowest BCUT2D eigenvalue weighted by Gasteiger charge is -2.35. The number of hydrogen-bond acceptors (Lipinski definition) is 3. The molecule has 15 heavy (non-hydrogen) atoms. The van der Waals surface area contributed by atoms with E-state index in [1.165, 1.54) is 25.9 Å². The van der Waals surface area contributed by atoms with Crippen molar-refractivity contribution < 1.29 is 5.11 Å². The van der Waals surface area contributed by atoms with Crippen LogP contribution in [0.4, 0.5) is 0 Å². The second kappa shape index (κ2) is 6.46. The monoisotopic (exact) mass is 214 g/mol. The van der Waals surface area contributed by atoms with E-state index in [9.17, 15) is 0 Å². The molecule has 0 amide bonds. The summed E-state index contributed by atoms with van der Waals surface area (Å²) in [7, 11) is 0. The first-order valence-corrected chi connectivity index (χ1v) is 6.22. The number of aliphatic hydroxyl groups excluding tert-OH is 1. The highest BCUT2D eigenvalue weighted by Gasteiger charge is 2.22. The quantitative estimate of drug-likeness (QED) is 0.719. The Kier molecular flexibility index (Phi) is 5.58. The van der Waals surface area contributed by atoms with Gasteiger partial charge < -0.3 is 15.7 Å². The summed E-state index contributed by atoms with van der Waals surface area (Å²) < 4.78 is 0. The molecule has 0 saturated carbocycles. The summed E-state index contributed by atoms with van der Waals surface area (Å²) in [5, 5.41) is 8.78. The summed E-state index contributed by atoms with van der Waals surface area (Å²) in [6, 6.07) is 0.144. The van der Waals surface area contributed by atoms with Crippen molar-refractivity contribution in [2.45, 2.75) is 39.2 Å². The lowest BCUT2D eigenvalue weighted by Crippen LogP contribution is -2.42. The number of likely N-dealkylation sites (tertiary alicyclic amines) is 1. The largest absolute Gasteiger partial charge is 0.396 e. The summed E-state index contributed by atoms with van der Waals surface area (Å²) in [5.74, 6) is 1.72. The molecule has 3 heteroatoms. The average molecular weight is 214 g/mol. The maximum absolute atomic E-state index is 8.78. The van der Waals surface area contributed by atoms with Crippen LogP contribution >= 0.6 is 0 Å². The van der Waals surface area contributed by atoms with Gasteiger partial charge in [0.2, 0.25) is 0 Å². The molecule has 1 saturated heterocycles. The Labute approximate surface area is 93.6 Å². The fourth-order valence-electron chi connectivity index (χ4n) is 2.39. The normalized spacial score (nSPS) is 22.2. The third-order valence-corrected chi connectivity index (χ3v) is 3.57. The Bertz CT molecular complexity index is 165. The molecule has 0 aromatic rings. The minimum atomic E-state index is 0.144. The zero-order chi connectivity index (χ0) is 11.3. The number of piperidine rings is 1. The highest BCUT2D eigenvalue weighted by Crippen LogP contribution is 2.24. The molecule has 0 radical (unpaired) electrons. The molecule has 1 aliphatic rings. The molecular weight excluding hydrogens is 188 g/mol. The van der Waals surface area contributed by atoms with Gasteiger partial charge in [-0.05, 0) is 44.2 Å². The van der Waals surface area contributed by atoms with E-state index in [1.807, 2.05) is 0 Å². The standard InChI is InChI=1S/C12H26N2O/c1-10(2)11-3-6-14(7-4-11)9-12(13)5-8-15/h10-12,15H,3-9,13H2,1-2H3. The van der Waals surface area contributed by atoms with Crippen LogP contribution in [0.15, 0.2) is 0 Å². The van der Waals surface area contributed by atoms with Gasteiger partial charge in [-0.3, -0.25) is 0 Å². The van der Waals surface area contributed by atoms with Crippen LogP contribution in [-0.4, -0.2) is 42.3 Å². The summed E-state index contributed by atoms with van der Waals surface area (Å²) >= 11 is 0. The molecule has 0 aliphatic carbocycles. The van der Waals surface area contributed by atoms with E-state index in [1.54, 1.807) is 0 Å². The molecule has 0 spiro atoms. The van der Waals surface area contributed by atoms with Crippen molar-refractivity contribution >= 4 is 0 Å². The lowest BCUT2D eigenvalue weighted by atomic mass is 9.86. The molecule has 1 atom stereocenters. The van der Waals surface area contributed by atoms with E-state index < -0.39 is 0 Å². The first-order chi connectivity index (χ1) is 7.13. The zero-order valence-electron chi connectivity index (χ0n) is 10.2. The third kappa shape index (κ3) is 4.49. The van der Waals surface area contributed by atoms with Crippen molar-refractivity contribution in [2.24, 2.45) is 17.6 Å². The van der Waals surface area contributed by atoms with Crippen LogP contribution in [0.5, 0.6) is 0 Å². The molecule has 1 fully saturated rings. The molecule has 1 aliphatic heterocycles. The molecule has 90 valence electrons. The zero-order valence-corrected chi connectivity index (χ0v) is 10.2. The van der Waals surface area contributed by atoms with Crippen molar-refractivity contribution in [3.8, 4) is 0 Å². The summed E-state index contributed by atoms with van der Waals surface area (Å²) in [4.78, 5) is 2.44. The van der Waals surface area contributed by atoms with Gasteiger partial charge in [-0.25, -0.2) is 0 Å². The fourth-order valence-corrected chi connectivity index (χ4v) is 2.39. The lowest BCUT2D eigenvalue weighted by molar-refractivity contribution is 0.145. The summed E-state index contributed by atoms with van der Waals surface area (Å²) in [5.41, 5.74) is 5.91. The molecule has 0 aromatic carbocycles.